The lowest BCUT2D eigenvalue weighted by Crippen LogP contribution is -2.27. The Morgan fingerprint density at radius 2 is 1.81 bits per heavy atom. The first-order valence-electron chi connectivity index (χ1n) is 8.13. The smallest absolute Gasteiger partial charge is 0.259 e. The highest BCUT2D eigenvalue weighted by Crippen LogP contribution is 2.20. The molecule has 0 aliphatic carbocycles. The number of likely N-dealkylation sites (N-methyl/N-ethyl adjacent to an activating group) is 1. The van der Waals surface area contributed by atoms with Crippen molar-refractivity contribution in [1.29, 1.82) is 0 Å². The summed E-state index contributed by atoms with van der Waals surface area (Å²) in [5.74, 6) is 0.236. The predicted molar refractivity (Wildman–Crippen MR) is 100 cm³/mol. The Hall–Kier alpha value is -3.41. The zero-order chi connectivity index (χ0) is 18.5. The number of ether oxygens (including phenoxy) is 1. The lowest BCUT2D eigenvalue weighted by molar-refractivity contribution is -0.130. The normalized spacial score (nSPS) is 10.4. The van der Waals surface area contributed by atoms with Crippen LogP contribution in [-0.4, -0.2) is 42.4 Å². The van der Waals surface area contributed by atoms with E-state index in [-0.39, 0.29) is 18.4 Å². The lowest BCUT2D eigenvalue weighted by Gasteiger charge is -2.12. The number of benzene rings is 2. The van der Waals surface area contributed by atoms with Gasteiger partial charge < -0.3 is 15.0 Å². The Labute approximate surface area is 151 Å². The van der Waals surface area contributed by atoms with Crippen molar-refractivity contribution in [3.05, 3.63) is 66.4 Å². The number of rotatable bonds is 5. The van der Waals surface area contributed by atoms with Crippen LogP contribution >= 0.6 is 0 Å². The van der Waals surface area contributed by atoms with Crippen molar-refractivity contribution in [2.75, 3.05) is 26.0 Å². The van der Waals surface area contributed by atoms with Crippen LogP contribution < -0.4 is 10.1 Å². The number of carbonyl (C=O) groups is 2. The van der Waals surface area contributed by atoms with E-state index in [4.69, 9.17) is 4.74 Å². The van der Waals surface area contributed by atoms with Gasteiger partial charge in [0.2, 0.25) is 0 Å². The van der Waals surface area contributed by atoms with E-state index in [1.54, 1.807) is 56.7 Å². The first kappa shape index (κ1) is 17.4. The summed E-state index contributed by atoms with van der Waals surface area (Å²) in [5.41, 5.74) is 1.98. The average molecular weight is 349 g/mol. The highest BCUT2D eigenvalue weighted by molar-refractivity contribution is 6.12. The summed E-state index contributed by atoms with van der Waals surface area (Å²) in [5, 5.41) is 3.66. The Balaban J connectivity index is 1.69. The monoisotopic (exact) mass is 349 g/mol. The topological polar surface area (TPSA) is 71.5 Å². The maximum absolute atomic E-state index is 12.6. The van der Waals surface area contributed by atoms with Crippen LogP contribution in [0.1, 0.15) is 10.4 Å². The van der Waals surface area contributed by atoms with Crippen LogP contribution in [-0.2, 0) is 4.79 Å². The minimum atomic E-state index is -0.208. The fourth-order valence-electron chi connectivity index (χ4n) is 2.41. The summed E-state index contributed by atoms with van der Waals surface area (Å²) < 4.78 is 5.42. The first-order chi connectivity index (χ1) is 12.5. The molecule has 0 atom stereocenters. The summed E-state index contributed by atoms with van der Waals surface area (Å²) in [7, 11) is 3.35. The van der Waals surface area contributed by atoms with E-state index in [0.717, 1.165) is 10.9 Å². The predicted octanol–water partition coefficient (Wildman–Crippen LogP) is 2.95. The van der Waals surface area contributed by atoms with E-state index >= 15 is 0 Å². The maximum atomic E-state index is 12.6. The van der Waals surface area contributed by atoms with Gasteiger partial charge in [-0.1, -0.05) is 12.1 Å². The van der Waals surface area contributed by atoms with Gasteiger partial charge in [0.1, 0.15) is 5.75 Å². The number of nitrogens with zero attached hydrogens (tertiary/aromatic N) is 2. The fourth-order valence-corrected chi connectivity index (χ4v) is 2.41. The minimum absolute atomic E-state index is 0.0261. The summed E-state index contributed by atoms with van der Waals surface area (Å²) in [6, 6.07) is 16.0. The van der Waals surface area contributed by atoms with Gasteiger partial charge in [-0.05, 0) is 42.5 Å². The van der Waals surface area contributed by atoms with E-state index in [0.29, 0.717) is 17.0 Å². The Bertz CT molecular complexity index is 931. The zero-order valence-electron chi connectivity index (χ0n) is 14.6. The molecule has 3 aromatic rings. The van der Waals surface area contributed by atoms with Crippen LogP contribution in [0.25, 0.3) is 10.9 Å². The number of anilines is 1. The molecule has 0 saturated heterocycles. The van der Waals surface area contributed by atoms with Crippen molar-refractivity contribution in [2.24, 2.45) is 0 Å². The second-order valence-corrected chi connectivity index (χ2v) is 5.93. The van der Waals surface area contributed by atoms with Crippen molar-refractivity contribution < 1.29 is 14.3 Å². The van der Waals surface area contributed by atoms with Crippen molar-refractivity contribution in [2.45, 2.75) is 0 Å². The number of aromatic nitrogens is 1. The molecule has 6 heteroatoms. The van der Waals surface area contributed by atoms with E-state index < -0.39 is 0 Å². The molecule has 0 aliphatic rings. The van der Waals surface area contributed by atoms with Crippen molar-refractivity contribution in [1.82, 2.24) is 9.88 Å². The number of amides is 2. The van der Waals surface area contributed by atoms with Gasteiger partial charge in [0.05, 0.1) is 5.52 Å². The molecule has 0 saturated carbocycles. The van der Waals surface area contributed by atoms with Crippen LogP contribution in [0.5, 0.6) is 5.75 Å². The van der Waals surface area contributed by atoms with Gasteiger partial charge in [0, 0.05) is 36.9 Å². The molecule has 26 heavy (non-hydrogen) atoms. The zero-order valence-corrected chi connectivity index (χ0v) is 14.6. The molecule has 132 valence electrons. The first-order valence-corrected chi connectivity index (χ1v) is 8.13. The Kier molecular flexibility index (Phi) is 5.12. The van der Waals surface area contributed by atoms with Gasteiger partial charge in [-0.25, -0.2) is 0 Å². The molecule has 1 aromatic heterocycles. The largest absolute Gasteiger partial charge is 0.484 e. The SMILES string of the molecule is CN(C)C(=O)COc1ccc(NC(=O)c2cccc3ncccc23)cc1. The maximum Gasteiger partial charge on any atom is 0.259 e. The van der Waals surface area contributed by atoms with Crippen LogP contribution in [0, 0.1) is 0 Å². The van der Waals surface area contributed by atoms with Crippen LogP contribution in [0.3, 0.4) is 0 Å². The van der Waals surface area contributed by atoms with E-state index in [2.05, 4.69) is 10.3 Å². The van der Waals surface area contributed by atoms with Crippen LogP contribution in [0.2, 0.25) is 0 Å². The quantitative estimate of drug-likeness (QED) is 0.769. The molecule has 2 amide bonds. The molecule has 1 N–H and O–H groups in total. The molecule has 1 heterocycles. The molecular weight excluding hydrogens is 330 g/mol. The van der Waals surface area contributed by atoms with Crippen LogP contribution in [0.15, 0.2) is 60.8 Å². The molecule has 3 rings (SSSR count). The number of hydrogen-bond acceptors (Lipinski definition) is 4. The van der Waals surface area contributed by atoms with E-state index in [9.17, 15) is 9.59 Å². The molecule has 6 nitrogen and oxygen atoms in total. The number of carbonyl (C=O) groups excluding carboxylic acids is 2. The van der Waals surface area contributed by atoms with Gasteiger partial charge in [-0.15, -0.1) is 0 Å². The van der Waals surface area contributed by atoms with Crippen molar-refractivity contribution >= 4 is 28.4 Å². The standard InChI is InChI=1S/C20H19N3O3/c1-23(2)19(24)13-26-15-10-8-14(9-11-15)22-20(25)17-5-3-7-18-16(17)6-4-12-21-18/h3-12H,13H2,1-2H3,(H,22,25). The highest BCUT2D eigenvalue weighted by Gasteiger charge is 2.11. The summed E-state index contributed by atoms with van der Waals surface area (Å²) in [4.78, 5) is 29.8. The highest BCUT2D eigenvalue weighted by atomic mass is 16.5. The minimum Gasteiger partial charge on any atom is -0.484 e. The van der Waals surface area contributed by atoms with Crippen molar-refractivity contribution in [3.63, 3.8) is 0 Å². The third kappa shape index (κ3) is 3.97. The molecule has 0 radical (unpaired) electrons. The second-order valence-electron chi connectivity index (χ2n) is 5.93. The van der Waals surface area contributed by atoms with Gasteiger partial charge in [-0.2, -0.15) is 0 Å². The third-order valence-corrected chi connectivity index (χ3v) is 3.86. The number of hydrogen-bond donors (Lipinski definition) is 1. The molecule has 2 aromatic carbocycles. The third-order valence-electron chi connectivity index (χ3n) is 3.86. The molecule has 0 fully saturated rings. The number of pyridine rings is 1. The molecule has 0 spiro atoms. The fraction of sp³-hybridized carbons (Fsp3) is 0.150. The Morgan fingerprint density at radius 3 is 2.54 bits per heavy atom. The molecule has 0 bridgehead atoms. The van der Waals surface area contributed by atoms with Crippen LogP contribution in [0.4, 0.5) is 5.69 Å². The van der Waals surface area contributed by atoms with Gasteiger partial charge in [0.25, 0.3) is 11.8 Å². The Morgan fingerprint density at radius 1 is 1.04 bits per heavy atom. The number of nitrogens with one attached hydrogen (secondary N) is 1. The lowest BCUT2D eigenvalue weighted by atomic mass is 10.1. The van der Waals surface area contributed by atoms with Gasteiger partial charge in [0.15, 0.2) is 6.61 Å². The molecule has 0 aliphatic heterocycles. The number of fused-ring (bicyclic) bond motifs is 1. The van der Waals surface area contributed by atoms with Gasteiger partial charge >= 0.3 is 0 Å². The summed E-state index contributed by atoms with van der Waals surface area (Å²) >= 11 is 0. The molecule has 0 unspecified atom stereocenters. The van der Waals surface area contributed by atoms with E-state index in [1.807, 2.05) is 18.2 Å². The van der Waals surface area contributed by atoms with Gasteiger partial charge in [-0.3, -0.25) is 14.6 Å². The van der Waals surface area contributed by atoms with Crippen molar-refractivity contribution in [3.8, 4) is 5.75 Å². The van der Waals surface area contributed by atoms with E-state index in [1.165, 1.54) is 4.90 Å². The molecular formula is C20H19N3O3. The average Bonchev–Trinajstić information content (AvgIpc) is 2.66. The second kappa shape index (κ2) is 7.65. The summed E-state index contributed by atoms with van der Waals surface area (Å²) in [6.45, 7) is -0.0261. The summed E-state index contributed by atoms with van der Waals surface area (Å²) in [6.07, 6.45) is 1.70.